The Kier molecular flexibility index (Phi) is 3.35. The lowest BCUT2D eigenvalue weighted by molar-refractivity contribution is -0.137. The van der Waals surface area contributed by atoms with Gasteiger partial charge in [-0.05, 0) is 35.4 Å². The Balaban J connectivity index is 1.65. The molecule has 4 rings (SSSR count). The van der Waals surface area contributed by atoms with E-state index in [4.69, 9.17) is 0 Å². The number of anilines is 1. The fourth-order valence-electron chi connectivity index (χ4n) is 3.35. The van der Waals surface area contributed by atoms with Gasteiger partial charge >= 0.3 is 12.2 Å². The lowest BCUT2D eigenvalue weighted by Gasteiger charge is -2.28. The van der Waals surface area contributed by atoms with Crippen LogP contribution in [0.2, 0.25) is 0 Å². The van der Waals surface area contributed by atoms with Crippen LogP contribution in [0.3, 0.4) is 0 Å². The summed E-state index contributed by atoms with van der Waals surface area (Å²) in [5.74, 6) is -0.403. The molecule has 0 aliphatic carbocycles. The number of urea groups is 1. The number of rotatable bonds is 1. The molecular formula is C18H13F3N2O2. The van der Waals surface area contributed by atoms with Crippen LogP contribution in [0.5, 0.6) is 0 Å². The second-order valence-electron chi connectivity index (χ2n) is 6.12. The third-order valence-electron chi connectivity index (χ3n) is 4.64. The third-order valence-corrected chi connectivity index (χ3v) is 4.64. The Morgan fingerprint density at radius 2 is 1.56 bits per heavy atom. The summed E-state index contributed by atoms with van der Waals surface area (Å²) in [5, 5.41) is 0. The normalized spacial score (nSPS) is 19.9. The number of carbonyl (C=O) groups is 2. The Morgan fingerprint density at radius 3 is 2.20 bits per heavy atom. The summed E-state index contributed by atoms with van der Waals surface area (Å²) in [5.41, 5.74) is 1.33. The van der Waals surface area contributed by atoms with E-state index in [0.717, 1.165) is 40.3 Å². The Morgan fingerprint density at radius 1 is 0.920 bits per heavy atom. The molecule has 0 radical (unpaired) electrons. The zero-order valence-electron chi connectivity index (χ0n) is 13.0. The summed E-state index contributed by atoms with van der Waals surface area (Å²) >= 11 is 0. The maximum Gasteiger partial charge on any atom is 0.416 e. The Labute approximate surface area is 141 Å². The number of fused-ring (bicyclic) bond motifs is 2. The maximum absolute atomic E-state index is 12.7. The molecule has 2 aromatic carbocycles. The molecule has 3 amide bonds. The first kappa shape index (κ1) is 15.7. The van der Waals surface area contributed by atoms with Gasteiger partial charge in [0.15, 0.2) is 0 Å². The van der Waals surface area contributed by atoms with Crippen LogP contribution in [0.15, 0.2) is 48.5 Å². The molecule has 1 fully saturated rings. The number of carbonyl (C=O) groups excluding carboxylic acids is 2. The first-order valence-electron chi connectivity index (χ1n) is 7.75. The van der Waals surface area contributed by atoms with Crippen molar-refractivity contribution in [3.8, 4) is 0 Å². The zero-order chi connectivity index (χ0) is 17.8. The van der Waals surface area contributed by atoms with Crippen molar-refractivity contribution in [1.82, 2.24) is 4.90 Å². The number of alkyl halides is 3. The van der Waals surface area contributed by atoms with Crippen LogP contribution >= 0.6 is 0 Å². The molecule has 0 bridgehead atoms. The van der Waals surface area contributed by atoms with Gasteiger partial charge in [-0.3, -0.25) is 4.79 Å². The number of imide groups is 1. The van der Waals surface area contributed by atoms with Crippen LogP contribution in [0.25, 0.3) is 0 Å². The summed E-state index contributed by atoms with van der Waals surface area (Å²) in [4.78, 5) is 27.8. The van der Waals surface area contributed by atoms with Gasteiger partial charge in [0, 0.05) is 13.0 Å². The molecule has 1 saturated heterocycles. The van der Waals surface area contributed by atoms with Gasteiger partial charge in [-0.15, -0.1) is 0 Å². The summed E-state index contributed by atoms with van der Waals surface area (Å²) in [6, 6.07) is 10.5. The third kappa shape index (κ3) is 2.47. The minimum atomic E-state index is -4.46. The molecule has 7 heteroatoms. The molecule has 0 saturated carbocycles. The minimum absolute atomic E-state index is 0.154. The quantitative estimate of drug-likeness (QED) is 0.741. The van der Waals surface area contributed by atoms with E-state index >= 15 is 0 Å². The summed E-state index contributed by atoms with van der Waals surface area (Å²) in [6.45, 7) is 0.322. The van der Waals surface area contributed by atoms with Gasteiger partial charge in [-0.1, -0.05) is 24.3 Å². The van der Waals surface area contributed by atoms with Crippen LogP contribution in [-0.2, 0) is 23.9 Å². The first-order valence-corrected chi connectivity index (χ1v) is 7.75. The predicted octanol–water partition coefficient (Wildman–Crippen LogP) is 3.60. The molecule has 2 aliphatic heterocycles. The highest BCUT2D eigenvalue weighted by Gasteiger charge is 2.47. The molecular weight excluding hydrogens is 333 g/mol. The van der Waals surface area contributed by atoms with E-state index in [1.165, 1.54) is 4.90 Å². The van der Waals surface area contributed by atoms with E-state index in [1.54, 1.807) is 0 Å². The summed E-state index contributed by atoms with van der Waals surface area (Å²) in [7, 11) is 0. The second kappa shape index (κ2) is 5.34. The fourth-order valence-corrected chi connectivity index (χ4v) is 3.35. The van der Waals surface area contributed by atoms with Crippen molar-refractivity contribution in [2.24, 2.45) is 0 Å². The van der Waals surface area contributed by atoms with Crippen molar-refractivity contribution in [3.05, 3.63) is 65.2 Å². The average molecular weight is 346 g/mol. The van der Waals surface area contributed by atoms with Gasteiger partial charge in [0.1, 0.15) is 6.04 Å². The van der Waals surface area contributed by atoms with Gasteiger partial charge in [0.05, 0.1) is 11.3 Å². The van der Waals surface area contributed by atoms with E-state index in [0.29, 0.717) is 13.0 Å². The van der Waals surface area contributed by atoms with Crippen LogP contribution < -0.4 is 4.90 Å². The number of hydrogen-bond acceptors (Lipinski definition) is 2. The molecule has 0 N–H and O–H groups in total. The predicted molar refractivity (Wildman–Crippen MR) is 83.8 cm³/mol. The molecule has 1 atom stereocenters. The molecule has 2 aromatic rings. The number of halogens is 3. The van der Waals surface area contributed by atoms with Gasteiger partial charge in [0.25, 0.3) is 5.91 Å². The van der Waals surface area contributed by atoms with E-state index in [1.807, 2.05) is 24.3 Å². The van der Waals surface area contributed by atoms with Gasteiger partial charge < -0.3 is 4.90 Å². The molecule has 2 aliphatic rings. The smallest absolute Gasteiger partial charge is 0.307 e. The second-order valence-corrected chi connectivity index (χ2v) is 6.12. The summed E-state index contributed by atoms with van der Waals surface area (Å²) in [6.07, 6.45) is -4.05. The highest BCUT2D eigenvalue weighted by Crippen LogP contribution is 2.35. The largest absolute Gasteiger partial charge is 0.416 e. The van der Waals surface area contributed by atoms with Gasteiger partial charge in [0.2, 0.25) is 0 Å². The van der Waals surface area contributed by atoms with E-state index in [2.05, 4.69) is 0 Å². The monoisotopic (exact) mass is 346 g/mol. The first-order chi connectivity index (χ1) is 11.9. The molecule has 0 aromatic heterocycles. The minimum Gasteiger partial charge on any atom is -0.307 e. The summed E-state index contributed by atoms with van der Waals surface area (Å²) < 4.78 is 38.1. The van der Waals surface area contributed by atoms with Gasteiger partial charge in [-0.2, -0.15) is 13.2 Å². The maximum atomic E-state index is 12.7. The van der Waals surface area contributed by atoms with Crippen molar-refractivity contribution >= 4 is 17.6 Å². The number of benzene rings is 2. The SMILES string of the molecule is O=C1[C@H]2Cc3ccccc3CN2C(=O)N1c1ccc(C(F)(F)F)cc1. The van der Waals surface area contributed by atoms with E-state index in [9.17, 15) is 22.8 Å². The zero-order valence-corrected chi connectivity index (χ0v) is 13.0. The topological polar surface area (TPSA) is 40.6 Å². The molecule has 0 spiro atoms. The Hall–Kier alpha value is -2.83. The number of hydrogen-bond donors (Lipinski definition) is 0. The van der Waals surface area contributed by atoms with Crippen LogP contribution in [0, 0.1) is 0 Å². The lowest BCUT2D eigenvalue weighted by Crippen LogP contribution is -2.39. The van der Waals surface area contributed by atoms with Gasteiger partial charge in [-0.25, -0.2) is 9.69 Å². The number of nitrogens with zero attached hydrogens (tertiary/aromatic N) is 2. The van der Waals surface area contributed by atoms with Crippen molar-refractivity contribution in [1.29, 1.82) is 0 Å². The van der Waals surface area contributed by atoms with Crippen LogP contribution in [0.4, 0.5) is 23.7 Å². The van der Waals surface area contributed by atoms with Crippen molar-refractivity contribution < 1.29 is 22.8 Å². The van der Waals surface area contributed by atoms with E-state index < -0.39 is 29.7 Å². The lowest BCUT2D eigenvalue weighted by atomic mass is 9.95. The van der Waals surface area contributed by atoms with Crippen LogP contribution in [-0.4, -0.2) is 22.9 Å². The van der Waals surface area contributed by atoms with Crippen molar-refractivity contribution in [2.45, 2.75) is 25.2 Å². The van der Waals surface area contributed by atoms with Crippen LogP contribution in [0.1, 0.15) is 16.7 Å². The molecule has 2 heterocycles. The Bertz CT molecular complexity index is 818. The fraction of sp³-hybridized carbons (Fsp3) is 0.222. The highest BCUT2D eigenvalue weighted by atomic mass is 19.4. The molecule has 0 unspecified atom stereocenters. The molecule has 25 heavy (non-hydrogen) atoms. The highest BCUT2D eigenvalue weighted by molar-refractivity contribution is 6.21. The van der Waals surface area contributed by atoms with Crippen molar-refractivity contribution in [3.63, 3.8) is 0 Å². The number of amides is 3. The molecule has 4 nitrogen and oxygen atoms in total. The van der Waals surface area contributed by atoms with Crippen molar-refractivity contribution in [2.75, 3.05) is 4.90 Å². The average Bonchev–Trinajstić information content (AvgIpc) is 2.83. The van der Waals surface area contributed by atoms with E-state index in [-0.39, 0.29) is 5.69 Å². The molecule has 128 valence electrons. The standard InChI is InChI=1S/C18H13F3N2O2/c19-18(20,21)13-5-7-14(8-6-13)23-16(24)15-9-11-3-1-2-4-12(11)10-22(15)17(23)25/h1-8,15H,9-10H2/t15-/m1/s1.